The van der Waals surface area contributed by atoms with E-state index in [1.165, 1.54) is 71.2 Å². The van der Waals surface area contributed by atoms with E-state index < -0.39 is 0 Å². The first-order valence-corrected chi connectivity index (χ1v) is 8.77. The Hall–Kier alpha value is -0.120. The molecular weight excluding hydrogens is 246 g/mol. The summed E-state index contributed by atoms with van der Waals surface area (Å²) < 4.78 is 0. The van der Waals surface area contributed by atoms with Crippen LogP contribution in [0.2, 0.25) is 0 Å². The van der Waals surface area contributed by atoms with E-state index in [9.17, 15) is 0 Å². The van der Waals surface area contributed by atoms with Gasteiger partial charge in [-0.05, 0) is 50.6 Å². The summed E-state index contributed by atoms with van der Waals surface area (Å²) in [5.74, 6) is 0. The van der Waals surface area contributed by atoms with Gasteiger partial charge in [0.15, 0.2) is 0 Å². The lowest BCUT2D eigenvalue weighted by atomic mass is 9.84. The Bertz CT molecular complexity index is 263. The fourth-order valence-electron chi connectivity index (χ4n) is 3.92. The highest BCUT2D eigenvalue weighted by Crippen LogP contribution is 2.27. The number of nitrogens with zero attached hydrogens (tertiary/aromatic N) is 2. The molecule has 1 heterocycles. The fourth-order valence-corrected chi connectivity index (χ4v) is 3.92. The third-order valence-corrected chi connectivity index (χ3v) is 5.40. The molecule has 118 valence electrons. The maximum atomic E-state index is 5.69. The van der Waals surface area contributed by atoms with Gasteiger partial charge in [-0.2, -0.15) is 0 Å². The van der Waals surface area contributed by atoms with Crippen molar-refractivity contribution in [3.8, 4) is 0 Å². The lowest BCUT2D eigenvalue weighted by Crippen LogP contribution is -2.49. The first-order valence-electron chi connectivity index (χ1n) is 8.77. The Morgan fingerprint density at radius 2 is 1.65 bits per heavy atom. The highest BCUT2D eigenvalue weighted by atomic mass is 15.3. The monoisotopic (exact) mass is 281 g/mol. The average molecular weight is 281 g/mol. The van der Waals surface area contributed by atoms with E-state index in [2.05, 4.69) is 23.6 Å². The molecule has 0 bridgehead atoms. The largest absolute Gasteiger partial charge is 0.330 e. The minimum absolute atomic E-state index is 0.431. The fraction of sp³-hybridized carbons (Fsp3) is 1.00. The molecule has 20 heavy (non-hydrogen) atoms. The van der Waals surface area contributed by atoms with Crippen LogP contribution in [0.15, 0.2) is 0 Å². The van der Waals surface area contributed by atoms with Crippen LogP contribution in [0.5, 0.6) is 0 Å². The topological polar surface area (TPSA) is 32.5 Å². The van der Waals surface area contributed by atoms with Crippen molar-refractivity contribution in [2.45, 2.75) is 64.8 Å². The first kappa shape index (κ1) is 16.3. The molecule has 0 aromatic heterocycles. The Balaban J connectivity index is 1.59. The zero-order valence-electron chi connectivity index (χ0n) is 13.7. The molecule has 0 aromatic carbocycles. The van der Waals surface area contributed by atoms with Gasteiger partial charge in [0.2, 0.25) is 0 Å². The SMILES string of the molecule is CC(C)(CCN)CCCN1CCN(C2CCCC2)CC1. The Morgan fingerprint density at radius 3 is 2.25 bits per heavy atom. The standard InChI is InChI=1S/C17H35N3/c1-17(2,9-10-18)8-5-11-19-12-14-20(15-13-19)16-6-3-4-7-16/h16H,3-15,18H2,1-2H3. The lowest BCUT2D eigenvalue weighted by Gasteiger charge is -2.38. The zero-order chi connectivity index (χ0) is 14.4. The molecule has 0 aromatic rings. The van der Waals surface area contributed by atoms with Crippen LogP contribution in [0.3, 0.4) is 0 Å². The van der Waals surface area contributed by atoms with Crippen molar-refractivity contribution < 1.29 is 0 Å². The van der Waals surface area contributed by atoms with Gasteiger partial charge in [-0.3, -0.25) is 4.90 Å². The minimum Gasteiger partial charge on any atom is -0.330 e. The van der Waals surface area contributed by atoms with Crippen LogP contribution in [-0.4, -0.2) is 55.1 Å². The molecule has 2 rings (SSSR count). The number of piperazine rings is 1. The number of nitrogens with two attached hydrogens (primary N) is 1. The van der Waals surface area contributed by atoms with E-state index in [4.69, 9.17) is 5.73 Å². The lowest BCUT2D eigenvalue weighted by molar-refractivity contribution is 0.0943. The maximum Gasteiger partial charge on any atom is 0.0113 e. The van der Waals surface area contributed by atoms with E-state index in [0.29, 0.717) is 5.41 Å². The molecule has 3 nitrogen and oxygen atoms in total. The molecule has 2 aliphatic rings. The van der Waals surface area contributed by atoms with Crippen LogP contribution in [0.4, 0.5) is 0 Å². The summed E-state index contributed by atoms with van der Waals surface area (Å²) in [5.41, 5.74) is 6.12. The first-order chi connectivity index (χ1) is 9.61. The van der Waals surface area contributed by atoms with Gasteiger partial charge in [-0.25, -0.2) is 0 Å². The summed E-state index contributed by atoms with van der Waals surface area (Å²) in [7, 11) is 0. The molecule has 1 saturated heterocycles. The number of hydrogen-bond acceptors (Lipinski definition) is 3. The van der Waals surface area contributed by atoms with Gasteiger partial charge in [0.25, 0.3) is 0 Å². The van der Waals surface area contributed by atoms with Crippen molar-refractivity contribution >= 4 is 0 Å². The summed E-state index contributed by atoms with van der Waals surface area (Å²) in [6, 6.07) is 0.917. The molecule has 0 unspecified atom stereocenters. The highest BCUT2D eigenvalue weighted by Gasteiger charge is 2.26. The maximum absolute atomic E-state index is 5.69. The molecule has 1 saturated carbocycles. The number of rotatable bonds is 7. The molecule has 0 amide bonds. The van der Waals surface area contributed by atoms with E-state index in [1.54, 1.807) is 0 Å². The van der Waals surface area contributed by atoms with Crippen LogP contribution < -0.4 is 5.73 Å². The van der Waals surface area contributed by atoms with Gasteiger partial charge in [0.05, 0.1) is 0 Å². The summed E-state index contributed by atoms with van der Waals surface area (Å²) in [4.78, 5) is 5.42. The second-order valence-corrected chi connectivity index (χ2v) is 7.62. The molecule has 0 atom stereocenters. The Morgan fingerprint density at radius 1 is 1.00 bits per heavy atom. The smallest absolute Gasteiger partial charge is 0.0113 e. The Kier molecular flexibility index (Phi) is 6.31. The second-order valence-electron chi connectivity index (χ2n) is 7.62. The van der Waals surface area contributed by atoms with Gasteiger partial charge in [0, 0.05) is 32.2 Å². The van der Waals surface area contributed by atoms with Gasteiger partial charge in [-0.15, -0.1) is 0 Å². The van der Waals surface area contributed by atoms with Crippen molar-refractivity contribution in [2.75, 3.05) is 39.3 Å². The highest BCUT2D eigenvalue weighted by molar-refractivity contribution is 4.82. The van der Waals surface area contributed by atoms with Gasteiger partial charge >= 0.3 is 0 Å². The van der Waals surface area contributed by atoms with E-state index in [1.807, 2.05) is 0 Å². The normalized spacial score (nSPS) is 23.6. The molecular formula is C17H35N3. The predicted molar refractivity (Wildman–Crippen MR) is 87.0 cm³/mol. The molecule has 0 radical (unpaired) electrons. The molecule has 3 heteroatoms. The third kappa shape index (κ3) is 5.01. The Labute approximate surface area is 125 Å². The van der Waals surface area contributed by atoms with E-state index in [-0.39, 0.29) is 0 Å². The summed E-state index contributed by atoms with van der Waals surface area (Å²) >= 11 is 0. The summed E-state index contributed by atoms with van der Waals surface area (Å²) in [5, 5.41) is 0. The van der Waals surface area contributed by atoms with Crippen LogP contribution in [0.1, 0.15) is 58.8 Å². The quantitative estimate of drug-likeness (QED) is 0.779. The third-order valence-electron chi connectivity index (χ3n) is 5.40. The van der Waals surface area contributed by atoms with Crippen LogP contribution >= 0.6 is 0 Å². The van der Waals surface area contributed by atoms with Crippen LogP contribution in [-0.2, 0) is 0 Å². The molecule has 0 spiro atoms. The van der Waals surface area contributed by atoms with Gasteiger partial charge in [0.1, 0.15) is 0 Å². The van der Waals surface area contributed by atoms with Gasteiger partial charge < -0.3 is 10.6 Å². The van der Waals surface area contributed by atoms with Gasteiger partial charge in [-0.1, -0.05) is 26.7 Å². The molecule has 1 aliphatic carbocycles. The van der Waals surface area contributed by atoms with Crippen molar-refractivity contribution in [1.82, 2.24) is 9.80 Å². The molecule has 2 fully saturated rings. The summed E-state index contributed by atoms with van der Waals surface area (Å²) in [6.07, 6.45) is 9.62. The average Bonchev–Trinajstić information content (AvgIpc) is 2.93. The van der Waals surface area contributed by atoms with Crippen molar-refractivity contribution in [3.05, 3.63) is 0 Å². The van der Waals surface area contributed by atoms with E-state index in [0.717, 1.165) is 19.0 Å². The van der Waals surface area contributed by atoms with Crippen molar-refractivity contribution in [2.24, 2.45) is 11.1 Å². The van der Waals surface area contributed by atoms with Crippen LogP contribution in [0.25, 0.3) is 0 Å². The van der Waals surface area contributed by atoms with Crippen molar-refractivity contribution in [1.29, 1.82) is 0 Å². The minimum atomic E-state index is 0.431. The van der Waals surface area contributed by atoms with Crippen molar-refractivity contribution in [3.63, 3.8) is 0 Å². The number of hydrogen-bond donors (Lipinski definition) is 1. The second kappa shape index (κ2) is 7.77. The molecule has 1 aliphatic heterocycles. The summed E-state index contributed by atoms with van der Waals surface area (Å²) in [6.45, 7) is 12.0. The molecule has 2 N–H and O–H groups in total. The van der Waals surface area contributed by atoms with E-state index >= 15 is 0 Å². The zero-order valence-corrected chi connectivity index (χ0v) is 13.7. The van der Waals surface area contributed by atoms with Crippen LogP contribution in [0, 0.1) is 5.41 Å². The predicted octanol–water partition coefficient (Wildman–Crippen LogP) is 2.70.